The Morgan fingerprint density at radius 1 is 1.07 bits per heavy atom. The molecule has 0 unspecified atom stereocenters. The van der Waals surface area contributed by atoms with E-state index in [1.54, 1.807) is 0 Å². The Kier molecular flexibility index (Phi) is 3.98. The van der Waals surface area contributed by atoms with Gasteiger partial charge in [0.15, 0.2) is 0 Å². The normalized spacial score (nSPS) is 14.7. The molecule has 0 amide bonds. The van der Waals surface area contributed by atoms with Crippen LogP contribution in [0.15, 0.2) is 0 Å². The van der Waals surface area contributed by atoms with Gasteiger partial charge in [-0.2, -0.15) is 39.5 Å². The SMILES string of the molecule is CNS(=O)(=O)OC(C(F)(F)F)C(F)(F)F. The summed E-state index contributed by atoms with van der Waals surface area (Å²) >= 11 is 0. The lowest BCUT2D eigenvalue weighted by molar-refractivity contribution is -0.299. The first kappa shape index (κ1) is 14.5. The van der Waals surface area contributed by atoms with E-state index in [4.69, 9.17) is 0 Å². The summed E-state index contributed by atoms with van der Waals surface area (Å²) in [6.45, 7) is 0. The Labute approximate surface area is 80.5 Å². The molecule has 0 bridgehead atoms. The first-order valence-corrected chi connectivity index (χ1v) is 4.56. The van der Waals surface area contributed by atoms with E-state index in [0.717, 1.165) is 0 Å². The average Bonchev–Trinajstić information content (AvgIpc) is 1.96. The third kappa shape index (κ3) is 4.66. The lowest BCUT2D eigenvalue weighted by atomic mass is 10.3. The van der Waals surface area contributed by atoms with Crippen LogP contribution in [0.1, 0.15) is 0 Å². The van der Waals surface area contributed by atoms with E-state index < -0.39 is 28.8 Å². The molecule has 0 spiro atoms. The quantitative estimate of drug-likeness (QED) is 0.770. The van der Waals surface area contributed by atoms with E-state index in [1.165, 1.54) is 4.72 Å². The van der Waals surface area contributed by atoms with E-state index >= 15 is 0 Å². The van der Waals surface area contributed by atoms with Crippen molar-refractivity contribution in [3.05, 3.63) is 0 Å². The van der Waals surface area contributed by atoms with Gasteiger partial charge >= 0.3 is 22.7 Å². The molecule has 0 aromatic carbocycles. The molecule has 0 heterocycles. The highest BCUT2D eigenvalue weighted by Gasteiger charge is 2.60. The van der Waals surface area contributed by atoms with Gasteiger partial charge in [0.25, 0.3) is 6.10 Å². The number of halogens is 6. The summed E-state index contributed by atoms with van der Waals surface area (Å²) in [5, 5.41) is 0. The summed E-state index contributed by atoms with van der Waals surface area (Å²) in [5.41, 5.74) is 0. The molecule has 0 fully saturated rings. The van der Waals surface area contributed by atoms with E-state index in [2.05, 4.69) is 4.18 Å². The molecule has 1 N–H and O–H groups in total. The van der Waals surface area contributed by atoms with Crippen LogP contribution in [0.3, 0.4) is 0 Å². The lowest BCUT2D eigenvalue weighted by Gasteiger charge is -2.21. The first-order valence-electron chi connectivity index (χ1n) is 3.15. The molecule has 15 heavy (non-hydrogen) atoms. The maximum atomic E-state index is 11.7. The zero-order valence-electron chi connectivity index (χ0n) is 6.98. The third-order valence-electron chi connectivity index (χ3n) is 1.07. The van der Waals surface area contributed by atoms with Crippen LogP contribution in [0.5, 0.6) is 0 Å². The smallest absolute Gasteiger partial charge is 0.235 e. The highest BCUT2D eigenvalue weighted by Crippen LogP contribution is 2.36. The van der Waals surface area contributed by atoms with Crippen LogP contribution < -0.4 is 4.72 Å². The fraction of sp³-hybridized carbons (Fsp3) is 1.00. The average molecular weight is 261 g/mol. The van der Waals surface area contributed by atoms with Gasteiger partial charge in [0.2, 0.25) is 0 Å². The van der Waals surface area contributed by atoms with Gasteiger partial charge in [0, 0.05) is 7.05 Å². The molecule has 0 radical (unpaired) electrons. The summed E-state index contributed by atoms with van der Waals surface area (Å²) < 4.78 is 95.3. The topological polar surface area (TPSA) is 55.4 Å². The maximum absolute atomic E-state index is 11.7. The summed E-state index contributed by atoms with van der Waals surface area (Å²) in [6, 6.07) is 0. The third-order valence-corrected chi connectivity index (χ3v) is 2.01. The molecular formula is C4H5F6NO3S. The largest absolute Gasteiger partial charge is 0.425 e. The van der Waals surface area contributed by atoms with E-state index in [1.807, 2.05) is 0 Å². The van der Waals surface area contributed by atoms with Gasteiger partial charge in [-0.15, -0.1) is 0 Å². The van der Waals surface area contributed by atoms with Gasteiger partial charge in [0.05, 0.1) is 0 Å². The predicted molar refractivity (Wildman–Crippen MR) is 35.0 cm³/mol. The molecule has 4 nitrogen and oxygen atoms in total. The molecule has 0 aromatic heterocycles. The van der Waals surface area contributed by atoms with Crippen LogP contribution in [-0.2, 0) is 14.5 Å². The zero-order valence-corrected chi connectivity index (χ0v) is 7.79. The molecule has 0 atom stereocenters. The van der Waals surface area contributed by atoms with Crippen molar-refractivity contribution in [2.75, 3.05) is 7.05 Å². The molecule has 0 aliphatic heterocycles. The Hall–Kier alpha value is -0.550. The van der Waals surface area contributed by atoms with Gasteiger partial charge in [-0.3, -0.25) is 0 Å². The minimum atomic E-state index is -5.86. The Bertz CT molecular complexity index is 291. The van der Waals surface area contributed by atoms with E-state index in [0.29, 0.717) is 7.05 Å². The Balaban J connectivity index is 5.02. The molecule has 92 valence electrons. The van der Waals surface area contributed by atoms with Crippen molar-refractivity contribution in [3.63, 3.8) is 0 Å². The Morgan fingerprint density at radius 2 is 1.40 bits per heavy atom. The zero-order chi connectivity index (χ0) is 12.5. The molecule has 0 aliphatic rings. The van der Waals surface area contributed by atoms with Crippen LogP contribution in [0, 0.1) is 0 Å². The van der Waals surface area contributed by atoms with Gasteiger partial charge in [-0.25, -0.2) is 4.18 Å². The lowest BCUT2D eigenvalue weighted by Crippen LogP contribution is -2.47. The summed E-state index contributed by atoms with van der Waals surface area (Å²) in [4.78, 5) is 0. The van der Waals surface area contributed by atoms with Crippen LogP contribution in [0.4, 0.5) is 26.3 Å². The van der Waals surface area contributed by atoms with E-state index in [-0.39, 0.29) is 0 Å². The summed E-state index contributed by atoms with van der Waals surface area (Å²) in [5.74, 6) is 0. The first-order chi connectivity index (χ1) is 6.40. The van der Waals surface area contributed by atoms with Crippen LogP contribution in [0.2, 0.25) is 0 Å². The predicted octanol–water partition coefficient (Wildman–Crippen LogP) is 0.960. The second kappa shape index (κ2) is 4.14. The van der Waals surface area contributed by atoms with Crippen molar-refractivity contribution < 1.29 is 38.9 Å². The molecule has 0 aliphatic carbocycles. The van der Waals surface area contributed by atoms with Crippen molar-refractivity contribution in [1.82, 2.24) is 4.72 Å². The number of nitrogens with one attached hydrogen (secondary N) is 1. The van der Waals surface area contributed by atoms with Crippen molar-refractivity contribution in [1.29, 1.82) is 0 Å². The molecule has 0 saturated carbocycles. The summed E-state index contributed by atoms with van der Waals surface area (Å²) in [7, 11) is -4.46. The second-order valence-corrected chi connectivity index (χ2v) is 3.73. The van der Waals surface area contributed by atoms with Crippen LogP contribution in [-0.4, -0.2) is 33.9 Å². The van der Waals surface area contributed by atoms with Crippen LogP contribution in [0.25, 0.3) is 0 Å². The van der Waals surface area contributed by atoms with E-state index in [9.17, 15) is 34.8 Å². The number of hydrogen-bond donors (Lipinski definition) is 1. The molecule has 0 saturated heterocycles. The van der Waals surface area contributed by atoms with Gasteiger partial charge in [0.1, 0.15) is 0 Å². The minimum Gasteiger partial charge on any atom is -0.235 e. The monoisotopic (exact) mass is 261 g/mol. The highest BCUT2D eigenvalue weighted by atomic mass is 32.2. The fourth-order valence-electron chi connectivity index (χ4n) is 0.469. The highest BCUT2D eigenvalue weighted by molar-refractivity contribution is 7.84. The maximum Gasteiger partial charge on any atom is 0.425 e. The van der Waals surface area contributed by atoms with Crippen molar-refractivity contribution in [2.24, 2.45) is 0 Å². The minimum absolute atomic E-state index is 0.610. The standard InChI is InChI=1S/C4H5F6NO3S/c1-11-15(12,13)14-2(3(5,6)7)4(8,9)10/h2,11H,1H3. The molecule has 0 aromatic rings. The van der Waals surface area contributed by atoms with Crippen LogP contribution >= 0.6 is 0 Å². The number of rotatable bonds is 3. The Morgan fingerprint density at radius 3 is 1.60 bits per heavy atom. The number of alkyl halides is 6. The summed E-state index contributed by atoms with van der Waals surface area (Å²) in [6.07, 6.45) is -16.1. The molecule has 0 rings (SSSR count). The van der Waals surface area contributed by atoms with Gasteiger partial charge in [-0.1, -0.05) is 0 Å². The molecular weight excluding hydrogens is 256 g/mol. The van der Waals surface area contributed by atoms with Gasteiger partial charge < -0.3 is 0 Å². The number of hydrogen-bond acceptors (Lipinski definition) is 3. The fourth-order valence-corrected chi connectivity index (χ4v) is 1.04. The van der Waals surface area contributed by atoms with Crippen molar-refractivity contribution in [2.45, 2.75) is 18.5 Å². The van der Waals surface area contributed by atoms with Crippen molar-refractivity contribution >= 4 is 10.3 Å². The second-order valence-electron chi connectivity index (χ2n) is 2.22. The van der Waals surface area contributed by atoms with Gasteiger partial charge in [-0.05, 0) is 0 Å². The molecule has 11 heteroatoms. The van der Waals surface area contributed by atoms with Crippen molar-refractivity contribution in [3.8, 4) is 0 Å².